The number of hydrogen-bond donors (Lipinski definition) is 0. The predicted octanol–water partition coefficient (Wildman–Crippen LogP) is 8.34. The lowest BCUT2D eigenvalue weighted by Crippen LogP contribution is -2.04. The van der Waals surface area contributed by atoms with Crippen LogP contribution in [0.2, 0.25) is 0 Å². The zero-order valence-electron chi connectivity index (χ0n) is 17.2. The van der Waals surface area contributed by atoms with Crippen molar-refractivity contribution in [2.75, 3.05) is 13.2 Å². The van der Waals surface area contributed by atoms with Gasteiger partial charge in [0.05, 0.1) is 33.5 Å². The molecule has 0 saturated carbocycles. The van der Waals surface area contributed by atoms with E-state index in [1.807, 2.05) is 36.4 Å². The average molecular weight is 552 g/mol. The maximum Gasteiger partial charge on any atom is 0.141 e. The van der Waals surface area contributed by atoms with Gasteiger partial charge in [0.25, 0.3) is 0 Å². The second-order valence-electron chi connectivity index (χ2n) is 7.58. The third-order valence-electron chi connectivity index (χ3n) is 5.38. The van der Waals surface area contributed by atoms with Crippen LogP contribution in [0.5, 0.6) is 11.5 Å². The Balaban J connectivity index is 1.57. The topological polar surface area (TPSA) is 43.2 Å². The Morgan fingerprint density at radius 2 is 1.06 bits per heavy atom. The van der Waals surface area contributed by atoms with Crippen LogP contribution in [0.1, 0.15) is 11.1 Å². The van der Waals surface area contributed by atoms with Gasteiger partial charge in [-0.3, -0.25) is 0 Å². The van der Waals surface area contributed by atoms with Crippen molar-refractivity contribution in [1.82, 2.24) is 0 Å². The minimum absolute atomic E-state index is 0.548. The van der Waals surface area contributed by atoms with Crippen LogP contribution in [-0.4, -0.2) is 13.2 Å². The highest BCUT2D eigenvalue weighted by Gasteiger charge is 2.14. The number of ether oxygens (including phenoxy) is 2. The minimum atomic E-state index is 0.548. The first kappa shape index (κ1) is 21.2. The Labute approximate surface area is 203 Å². The highest BCUT2D eigenvalue weighted by atomic mass is 79.9. The number of nitrogens with zero attached hydrogens (tertiary/aromatic N) is 2. The molecule has 0 unspecified atom stereocenters. The van der Waals surface area contributed by atoms with E-state index in [4.69, 9.17) is 9.47 Å². The zero-order chi connectivity index (χ0) is 21.9. The fraction of sp³-hybridized carbons (Fsp3) is 0.154. The van der Waals surface area contributed by atoms with E-state index in [-0.39, 0.29) is 0 Å². The summed E-state index contributed by atoms with van der Waals surface area (Å²) in [5.74, 6) is 1.65. The molecule has 1 aliphatic rings. The molecule has 0 N–H and O–H groups in total. The summed E-state index contributed by atoms with van der Waals surface area (Å²) in [6.45, 7) is 1.10. The Hall–Kier alpha value is -2.70. The average Bonchev–Trinajstić information content (AvgIpc) is 2.80. The summed E-state index contributed by atoms with van der Waals surface area (Å²) in [6.07, 6.45) is 1.53. The van der Waals surface area contributed by atoms with Gasteiger partial charge in [0.2, 0.25) is 0 Å². The SMILES string of the molecule is Brc1ccc2c3c(Br)ccc2c1OCCc1cccc(c1)N=Nc1cccc(c1)CCO3. The molecule has 0 aliphatic carbocycles. The van der Waals surface area contributed by atoms with Gasteiger partial charge in [0.15, 0.2) is 0 Å². The standard InChI is InChI=1S/C26H20Br2N2O2/c27-23-9-8-22-21-7-10-24(28)26(22)32-14-12-18-4-2-6-20(16-18)30-29-19-5-1-3-17(15-19)11-13-31-25(21)23/h1-10,15-16H,11-14H2. The van der Waals surface area contributed by atoms with Crippen molar-refractivity contribution in [1.29, 1.82) is 0 Å². The summed E-state index contributed by atoms with van der Waals surface area (Å²) in [5.41, 5.74) is 3.97. The Morgan fingerprint density at radius 1 is 0.594 bits per heavy atom. The minimum Gasteiger partial charge on any atom is -0.491 e. The van der Waals surface area contributed by atoms with Crippen LogP contribution in [0, 0.1) is 0 Å². The molecule has 32 heavy (non-hydrogen) atoms. The van der Waals surface area contributed by atoms with Gasteiger partial charge in [0, 0.05) is 23.6 Å². The molecule has 5 rings (SSSR count). The third-order valence-corrected chi connectivity index (χ3v) is 6.63. The Morgan fingerprint density at radius 3 is 1.53 bits per heavy atom. The first-order valence-corrected chi connectivity index (χ1v) is 12.0. The van der Waals surface area contributed by atoms with E-state index in [0.29, 0.717) is 13.2 Å². The molecule has 0 amide bonds. The number of benzene rings is 4. The van der Waals surface area contributed by atoms with Gasteiger partial charge < -0.3 is 9.47 Å². The van der Waals surface area contributed by atoms with Gasteiger partial charge in [-0.05, 0) is 91.5 Å². The largest absolute Gasteiger partial charge is 0.491 e. The van der Waals surface area contributed by atoms with Gasteiger partial charge >= 0.3 is 0 Å². The molecule has 160 valence electrons. The smallest absolute Gasteiger partial charge is 0.141 e. The maximum atomic E-state index is 6.25. The number of rotatable bonds is 0. The molecule has 4 nitrogen and oxygen atoms in total. The van der Waals surface area contributed by atoms with Gasteiger partial charge in [-0.2, -0.15) is 10.2 Å². The lowest BCUT2D eigenvalue weighted by Gasteiger charge is -2.16. The fourth-order valence-corrected chi connectivity index (χ4v) is 4.72. The molecule has 0 spiro atoms. The number of fused-ring (bicyclic) bond motifs is 4. The molecule has 6 heteroatoms. The summed E-state index contributed by atoms with van der Waals surface area (Å²) in [4.78, 5) is 0. The molecule has 1 heterocycles. The third kappa shape index (κ3) is 4.57. The molecular weight excluding hydrogens is 532 g/mol. The second-order valence-corrected chi connectivity index (χ2v) is 9.29. The normalized spacial score (nSPS) is 13.8. The summed E-state index contributed by atoms with van der Waals surface area (Å²) in [6, 6.07) is 24.4. The molecule has 0 atom stereocenters. The highest BCUT2D eigenvalue weighted by Crippen LogP contribution is 2.41. The van der Waals surface area contributed by atoms with Crippen molar-refractivity contribution in [3.63, 3.8) is 0 Å². The molecule has 0 saturated heterocycles. The lowest BCUT2D eigenvalue weighted by molar-refractivity contribution is 0.320. The van der Waals surface area contributed by atoms with Crippen molar-refractivity contribution in [2.45, 2.75) is 12.8 Å². The lowest BCUT2D eigenvalue weighted by atomic mass is 10.1. The first-order chi connectivity index (χ1) is 15.7. The molecule has 4 aromatic rings. The molecule has 0 fully saturated rings. The Bertz CT molecular complexity index is 1220. The monoisotopic (exact) mass is 550 g/mol. The van der Waals surface area contributed by atoms with Crippen LogP contribution < -0.4 is 9.47 Å². The van der Waals surface area contributed by atoms with E-state index >= 15 is 0 Å². The number of azo groups is 1. The quantitative estimate of drug-likeness (QED) is 0.220. The highest BCUT2D eigenvalue weighted by molar-refractivity contribution is 9.11. The molecule has 1 aliphatic heterocycles. The Kier molecular flexibility index (Phi) is 6.23. The van der Waals surface area contributed by atoms with E-state index in [0.717, 1.165) is 66.6 Å². The van der Waals surface area contributed by atoms with Crippen LogP contribution in [0.4, 0.5) is 11.4 Å². The maximum absolute atomic E-state index is 6.25. The van der Waals surface area contributed by atoms with E-state index in [1.165, 1.54) is 0 Å². The molecule has 4 aromatic carbocycles. The zero-order valence-corrected chi connectivity index (χ0v) is 20.4. The summed E-state index contributed by atoms with van der Waals surface area (Å²) in [5, 5.41) is 10.9. The summed E-state index contributed by atoms with van der Waals surface area (Å²) >= 11 is 7.31. The van der Waals surface area contributed by atoms with Crippen molar-refractivity contribution in [3.8, 4) is 11.5 Å². The van der Waals surface area contributed by atoms with Crippen LogP contribution in [-0.2, 0) is 12.8 Å². The number of hydrogen-bond acceptors (Lipinski definition) is 4. The van der Waals surface area contributed by atoms with Gasteiger partial charge in [-0.25, -0.2) is 0 Å². The van der Waals surface area contributed by atoms with E-state index < -0.39 is 0 Å². The van der Waals surface area contributed by atoms with Crippen molar-refractivity contribution in [2.24, 2.45) is 10.2 Å². The van der Waals surface area contributed by atoms with E-state index in [1.54, 1.807) is 0 Å². The number of halogens is 2. The molecule has 0 aromatic heterocycles. The van der Waals surface area contributed by atoms with Crippen LogP contribution in [0.15, 0.2) is 92.0 Å². The summed E-state index contributed by atoms with van der Waals surface area (Å²) < 4.78 is 14.3. The molecular formula is C26H20Br2N2O2. The van der Waals surface area contributed by atoms with Crippen LogP contribution in [0.3, 0.4) is 0 Å². The van der Waals surface area contributed by atoms with E-state index in [9.17, 15) is 0 Å². The predicted molar refractivity (Wildman–Crippen MR) is 135 cm³/mol. The van der Waals surface area contributed by atoms with Gasteiger partial charge in [0.1, 0.15) is 11.5 Å². The fourth-order valence-electron chi connectivity index (χ4n) is 3.80. The van der Waals surface area contributed by atoms with Crippen molar-refractivity contribution < 1.29 is 9.47 Å². The van der Waals surface area contributed by atoms with Gasteiger partial charge in [-0.15, -0.1) is 0 Å². The van der Waals surface area contributed by atoms with Crippen molar-refractivity contribution >= 4 is 54.0 Å². The van der Waals surface area contributed by atoms with Crippen LogP contribution >= 0.6 is 31.9 Å². The molecule has 8 bridgehead atoms. The van der Waals surface area contributed by atoms with Crippen LogP contribution in [0.25, 0.3) is 10.8 Å². The van der Waals surface area contributed by atoms with Crippen molar-refractivity contribution in [3.05, 3.63) is 92.9 Å². The van der Waals surface area contributed by atoms with Gasteiger partial charge in [-0.1, -0.05) is 24.3 Å². The molecule has 0 radical (unpaired) electrons. The second kappa shape index (κ2) is 9.43. The van der Waals surface area contributed by atoms with E-state index in [2.05, 4.69) is 78.5 Å². The summed E-state index contributed by atoms with van der Waals surface area (Å²) in [7, 11) is 0. The first-order valence-electron chi connectivity index (χ1n) is 10.4.